The highest BCUT2D eigenvalue weighted by atomic mass is 19.1. The minimum absolute atomic E-state index is 0.0423. The van der Waals surface area contributed by atoms with Gasteiger partial charge in [0.15, 0.2) is 0 Å². The van der Waals surface area contributed by atoms with Crippen LogP contribution in [0.2, 0.25) is 0 Å². The molecule has 0 aliphatic carbocycles. The van der Waals surface area contributed by atoms with Crippen molar-refractivity contribution in [1.29, 1.82) is 0 Å². The SMILES string of the molecule is CC(C)c1ccc(CCNC(=O)CN(C)CC(=O)Nc2cccc(F)c2)cc1. The molecule has 0 saturated carbocycles. The first-order valence-corrected chi connectivity index (χ1v) is 9.43. The Morgan fingerprint density at radius 1 is 1.04 bits per heavy atom. The van der Waals surface area contributed by atoms with Gasteiger partial charge in [-0.25, -0.2) is 4.39 Å². The first kappa shape index (κ1) is 21.6. The summed E-state index contributed by atoms with van der Waals surface area (Å²) in [6.07, 6.45) is 0.758. The van der Waals surface area contributed by atoms with E-state index in [9.17, 15) is 14.0 Å². The summed E-state index contributed by atoms with van der Waals surface area (Å²) < 4.78 is 13.1. The molecule has 0 spiro atoms. The summed E-state index contributed by atoms with van der Waals surface area (Å²) in [5.41, 5.74) is 2.87. The van der Waals surface area contributed by atoms with Crippen molar-refractivity contribution < 1.29 is 14.0 Å². The van der Waals surface area contributed by atoms with Crippen molar-refractivity contribution in [3.63, 3.8) is 0 Å². The number of hydrogen-bond donors (Lipinski definition) is 2. The molecule has 2 aromatic carbocycles. The second kappa shape index (κ2) is 10.6. The summed E-state index contributed by atoms with van der Waals surface area (Å²) in [7, 11) is 1.69. The Kier molecular flexibility index (Phi) is 8.14. The summed E-state index contributed by atoms with van der Waals surface area (Å²) >= 11 is 0. The van der Waals surface area contributed by atoms with E-state index in [1.165, 1.54) is 29.3 Å². The largest absolute Gasteiger partial charge is 0.355 e. The van der Waals surface area contributed by atoms with E-state index >= 15 is 0 Å². The van der Waals surface area contributed by atoms with E-state index in [0.717, 1.165) is 6.42 Å². The number of hydrogen-bond acceptors (Lipinski definition) is 3. The number of carbonyl (C=O) groups is 2. The zero-order valence-electron chi connectivity index (χ0n) is 16.7. The number of amides is 2. The standard InChI is InChI=1S/C22H28FN3O2/c1-16(2)18-9-7-17(8-10-18)11-12-24-21(27)14-26(3)15-22(28)25-20-6-4-5-19(23)13-20/h4-10,13,16H,11-12,14-15H2,1-3H3,(H,24,27)(H,25,28). The highest BCUT2D eigenvalue weighted by Gasteiger charge is 2.11. The van der Waals surface area contributed by atoms with E-state index in [1.807, 2.05) is 0 Å². The van der Waals surface area contributed by atoms with Gasteiger partial charge in [0.05, 0.1) is 13.1 Å². The molecule has 0 heterocycles. The van der Waals surface area contributed by atoms with Crippen molar-refractivity contribution in [1.82, 2.24) is 10.2 Å². The molecule has 6 heteroatoms. The molecule has 2 rings (SSSR count). The van der Waals surface area contributed by atoms with Gasteiger partial charge in [-0.3, -0.25) is 14.5 Å². The fourth-order valence-electron chi connectivity index (χ4n) is 2.78. The normalized spacial score (nSPS) is 10.9. The maximum Gasteiger partial charge on any atom is 0.238 e. The summed E-state index contributed by atoms with van der Waals surface area (Å²) in [6.45, 7) is 5.01. The molecule has 0 radical (unpaired) electrons. The molecule has 0 bridgehead atoms. The number of halogens is 1. The Morgan fingerprint density at radius 2 is 1.71 bits per heavy atom. The number of nitrogens with one attached hydrogen (secondary N) is 2. The highest BCUT2D eigenvalue weighted by molar-refractivity contribution is 5.92. The fraction of sp³-hybridized carbons (Fsp3) is 0.364. The second-order valence-corrected chi connectivity index (χ2v) is 7.23. The predicted molar refractivity (Wildman–Crippen MR) is 110 cm³/mol. The Hall–Kier alpha value is -2.73. The van der Waals surface area contributed by atoms with Gasteiger partial charge >= 0.3 is 0 Å². The Balaban J connectivity index is 1.68. The summed E-state index contributed by atoms with van der Waals surface area (Å²) in [6, 6.07) is 14.1. The summed E-state index contributed by atoms with van der Waals surface area (Å²) in [5, 5.41) is 5.48. The van der Waals surface area contributed by atoms with Crippen molar-refractivity contribution >= 4 is 17.5 Å². The second-order valence-electron chi connectivity index (χ2n) is 7.23. The van der Waals surface area contributed by atoms with Crippen molar-refractivity contribution in [2.24, 2.45) is 0 Å². The predicted octanol–water partition coefficient (Wildman–Crippen LogP) is 3.18. The molecule has 0 aliphatic rings. The van der Waals surface area contributed by atoms with Crippen LogP contribution in [-0.4, -0.2) is 43.4 Å². The summed E-state index contributed by atoms with van der Waals surface area (Å²) in [5.74, 6) is -0.349. The molecule has 2 N–H and O–H groups in total. The maximum atomic E-state index is 13.1. The van der Waals surface area contributed by atoms with E-state index in [2.05, 4.69) is 48.7 Å². The van der Waals surface area contributed by atoms with Crippen molar-refractivity contribution in [2.75, 3.05) is 32.0 Å². The van der Waals surface area contributed by atoms with Crippen LogP contribution < -0.4 is 10.6 Å². The first-order valence-electron chi connectivity index (χ1n) is 9.43. The van der Waals surface area contributed by atoms with Gasteiger partial charge < -0.3 is 10.6 Å². The Labute approximate surface area is 165 Å². The molecule has 0 unspecified atom stereocenters. The van der Waals surface area contributed by atoms with E-state index in [4.69, 9.17) is 0 Å². The topological polar surface area (TPSA) is 61.4 Å². The lowest BCUT2D eigenvalue weighted by atomic mass is 10.0. The van der Waals surface area contributed by atoms with Crippen LogP contribution in [-0.2, 0) is 16.0 Å². The number of rotatable bonds is 9. The van der Waals surface area contributed by atoms with Gasteiger partial charge in [0.1, 0.15) is 5.82 Å². The van der Waals surface area contributed by atoms with Crippen molar-refractivity contribution in [2.45, 2.75) is 26.2 Å². The molecular weight excluding hydrogens is 357 g/mol. The van der Waals surface area contributed by atoms with Gasteiger partial charge in [-0.1, -0.05) is 44.2 Å². The van der Waals surface area contributed by atoms with Gasteiger partial charge in [0.25, 0.3) is 0 Å². The first-order chi connectivity index (χ1) is 13.3. The zero-order chi connectivity index (χ0) is 20.5. The van der Waals surface area contributed by atoms with E-state index < -0.39 is 5.82 Å². The minimum Gasteiger partial charge on any atom is -0.355 e. The molecule has 0 fully saturated rings. The van der Waals surface area contributed by atoms with Gasteiger partial charge in [-0.15, -0.1) is 0 Å². The smallest absolute Gasteiger partial charge is 0.238 e. The van der Waals surface area contributed by atoms with Crippen LogP contribution in [0.4, 0.5) is 10.1 Å². The fourth-order valence-corrected chi connectivity index (χ4v) is 2.78. The van der Waals surface area contributed by atoms with Crippen molar-refractivity contribution in [3.8, 4) is 0 Å². The van der Waals surface area contributed by atoms with Crippen LogP contribution in [0, 0.1) is 5.82 Å². The Bertz CT molecular complexity index is 791. The van der Waals surface area contributed by atoms with Gasteiger partial charge in [0, 0.05) is 12.2 Å². The van der Waals surface area contributed by atoms with Crippen LogP contribution >= 0.6 is 0 Å². The average molecular weight is 385 g/mol. The lowest BCUT2D eigenvalue weighted by Crippen LogP contribution is -2.39. The van der Waals surface area contributed by atoms with E-state index in [1.54, 1.807) is 18.0 Å². The number of likely N-dealkylation sites (N-methyl/N-ethyl adjacent to an activating group) is 1. The van der Waals surface area contributed by atoms with E-state index in [0.29, 0.717) is 18.2 Å². The van der Waals surface area contributed by atoms with Crippen molar-refractivity contribution in [3.05, 3.63) is 65.5 Å². The molecule has 2 amide bonds. The highest BCUT2D eigenvalue weighted by Crippen LogP contribution is 2.14. The molecule has 5 nitrogen and oxygen atoms in total. The Morgan fingerprint density at radius 3 is 2.36 bits per heavy atom. The molecule has 0 aromatic heterocycles. The quantitative estimate of drug-likeness (QED) is 0.697. The number of benzene rings is 2. The van der Waals surface area contributed by atoms with E-state index in [-0.39, 0.29) is 24.9 Å². The minimum atomic E-state index is -0.413. The maximum absolute atomic E-state index is 13.1. The molecule has 28 heavy (non-hydrogen) atoms. The molecule has 150 valence electrons. The lowest BCUT2D eigenvalue weighted by Gasteiger charge is -2.16. The average Bonchev–Trinajstić information content (AvgIpc) is 2.61. The van der Waals surface area contributed by atoms with Crippen LogP contribution in [0.3, 0.4) is 0 Å². The third-order valence-corrected chi connectivity index (χ3v) is 4.32. The summed E-state index contributed by atoms with van der Waals surface area (Å²) in [4.78, 5) is 25.6. The van der Waals surface area contributed by atoms with Crippen LogP contribution in [0.25, 0.3) is 0 Å². The van der Waals surface area contributed by atoms with Gasteiger partial charge in [0.2, 0.25) is 11.8 Å². The third-order valence-electron chi connectivity index (χ3n) is 4.32. The number of anilines is 1. The van der Waals surface area contributed by atoms with Gasteiger partial charge in [-0.2, -0.15) is 0 Å². The van der Waals surface area contributed by atoms with Crippen LogP contribution in [0.1, 0.15) is 30.9 Å². The number of carbonyl (C=O) groups excluding carboxylic acids is 2. The zero-order valence-corrected chi connectivity index (χ0v) is 16.7. The number of nitrogens with zero attached hydrogens (tertiary/aromatic N) is 1. The third kappa shape index (κ3) is 7.48. The van der Waals surface area contributed by atoms with Crippen LogP contribution in [0.15, 0.2) is 48.5 Å². The molecule has 0 aliphatic heterocycles. The monoisotopic (exact) mass is 385 g/mol. The lowest BCUT2D eigenvalue weighted by molar-refractivity contribution is -0.122. The van der Waals surface area contributed by atoms with Crippen LogP contribution in [0.5, 0.6) is 0 Å². The molecular formula is C22H28FN3O2. The molecule has 2 aromatic rings. The molecule has 0 atom stereocenters. The van der Waals surface area contributed by atoms with Gasteiger partial charge in [-0.05, 0) is 48.7 Å². The molecule has 0 saturated heterocycles.